The molecule has 4 heteroatoms. The first kappa shape index (κ1) is 13.3. The summed E-state index contributed by atoms with van der Waals surface area (Å²) in [6.07, 6.45) is 3.39. The molecule has 0 bridgehead atoms. The minimum absolute atomic E-state index is 0.300. The Kier molecular flexibility index (Phi) is 4.55. The van der Waals surface area contributed by atoms with Gasteiger partial charge in [-0.3, -0.25) is 0 Å². The van der Waals surface area contributed by atoms with Crippen LogP contribution in [0.25, 0.3) is 0 Å². The van der Waals surface area contributed by atoms with Crippen molar-refractivity contribution >= 4 is 0 Å². The molecule has 1 aromatic rings. The molecule has 1 aromatic carbocycles. The molecule has 2 N–H and O–H groups in total. The van der Waals surface area contributed by atoms with Gasteiger partial charge < -0.3 is 15.2 Å². The minimum Gasteiger partial charge on any atom is -0.493 e. The molecule has 0 saturated carbocycles. The van der Waals surface area contributed by atoms with E-state index in [1.165, 1.54) is 6.07 Å². The highest BCUT2D eigenvalue weighted by atomic mass is 19.1. The minimum atomic E-state index is -0.306. The van der Waals surface area contributed by atoms with Crippen LogP contribution in [0.5, 0.6) is 5.75 Å². The third-order valence-corrected chi connectivity index (χ3v) is 3.20. The summed E-state index contributed by atoms with van der Waals surface area (Å²) in [5.41, 5.74) is 6.17. The van der Waals surface area contributed by atoms with E-state index in [4.69, 9.17) is 15.2 Å². The SMILES string of the molecule is C[C@H](N)c1ccc(OCCC2CCCO2)cc1F. The zero-order chi connectivity index (χ0) is 13.0. The molecule has 1 saturated heterocycles. The van der Waals surface area contributed by atoms with E-state index in [1.54, 1.807) is 19.1 Å². The van der Waals surface area contributed by atoms with Crippen molar-refractivity contribution in [2.45, 2.75) is 38.3 Å². The van der Waals surface area contributed by atoms with Crippen LogP contribution in [0.15, 0.2) is 18.2 Å². The van der Waals surface area contributed by atoms with Gasteiger partial charge in [0, 0.05) is 30.7 Å². The molecular weight excluding hydrogens is 233 g/mol. The van der Waals surface area contributed by atoms with Crippen molar-refractivity contribution in [1.82, 2.24) is 0 Å². The number of hydrogen-bond acceptors (Lipinski definition) is 3. The van der Waals surface area contributed by atoms with Gasteiger partial charge >= 0.3 is 0 Å². The van der Waals surface area contributed by atoms with Crippen LogP contribution in [0, 0.1) is 5.82 Å². The van der Waals surface area contributed by atoms with Crippen molar-refractivity contribution < 1.29 is 13.9 Å². The summed E-state index contributed by atoms with van der Waals surface area (Å²) in [4.78, 5) is 0. The van der Waals surface area contributed by atoms with Gasteiger partial charge in [0.25, 0.3) is 0 Å². The van der Waals surface area contributed by atoms with E-state index >= 15 is 0 Å². The van der Waals surface area contributed by atoms with Crippen LogP contribution in [-0.4, -0.2) is 19.3 Å². The fourth-order valence-corrected chi connectivity index (χ4v) is 2.15. The number of ether oxygens (including phenoxy) is 2. The van der Waals surface area contributed by atoms with Gasteiger partial charge in [-0.1, -0.05) is 6.07 Å². The van der Waals surface area contributed by atoms with Crippen molar-refractivity contribution in [1.29, 1.82) is 0 Å². The Morgan fingerprint density at radius 1 is 1.56 bits per heavy atom. The smallest absolute Gasteiger partial charge is 0.131 e. The van der Waals surface area contributed by atoms with E-state index in [0.29, 0.717) is 24.0 Å². The number of hydrogen-bond donors (Lipinski definition) is 1. The second kappa shape index (κ2) is 6.16. The Balaban J connectivity index is 1.84. The second-order valence-corrected chi connectivity index (χ2v) is 4.74. The van der Waals surface area contributed by atoms with Gasteiger partial charge in [0.05, 0.1) is 12.7 Å². The van der Waals surface area contributed by atoms with Crippen LogP contribution < -0.4 is 10.5 Å². The van der Waals surface area contributed by atoms with Crippen LogP contribution in [0.4, 0.5) is 4.39 Å². The molecule has 0 radical (unpaired) electrons. The Hall–Kier alpha value is -1.13. The number of rotatable bonds is 5. The predicted octanol–water partition coefficient (Wildman–Crippen LogP) is 2.79. The van der Waals surface area contributed by atoms with E-state index in [-0.39, 0.29) is 11.9 Å². The van der Waals surface area contributed by atoms with E-state index < -0.39 is 0 Å². The third-order valence-electron chi connectivity index (χ3n) is 3.20. The van der Waals surface area contributed by atoms with Crippen molar-refractivity contribution in [3.8, 4) is 5.75 Å². The average molecular weight is 253 g/mol. The zero-order valence-electron chi connectivity index (χ0n) is 10.7. The molecule has 1 unspecified atom stereocenters. The van der Waals surface area contributed by atoms with Gasteiger partial charge in [-0.15, -0.1) is 0 Å². The largest absolute Gasteiger partial charge is 0.493 e. The second-order valence-electron chi connectivity index (χ2n) is 4.74. The first-order valence-corrected chi connectivity index (χ1v) is 6.46. The van der Waals surface area contributed by atoms with Crippen LogP contribution in [0.3, 0.4) is 0 Å². The van der Waals surface area contributed by atoms with E-state index in [0.717, 1.165) is 25.9 Å². The maximum atomic E-state index is 13.6. The summed E-state index contributed by atoms with van der Waals surface area (Å²) in [5.74, 6) is 0.245. The summed E-state index contributed by atoms with van der Waals surface area (Å²) < 4.78 is 24.7. The Labute approximate surface area is 107 Å². The molecule has 0 aromatic heterocycles. The average Bonchev–Trinajstić information content (AvgIpc) is 2.81. The van der Waals surface area contributed by atoms with Crippen molar-refractivity contribution in [2.24, 2.45) is 5.73 Å². The Bertz CT molecular complexity index is 389. The molecule has 1 aliphatic rings. The predicted molar refractivity (Wildman–Crippen MR) is 68.1 cm³/mol. The van der Waals surface area contributed by atoms with Gasteiger partial charge in [0.15, 0.2) is 0 Å². The van der Waals surface area contributed by atoms with Gasteiger partial charge in [0.1, 0.15) is 11.6 Å². The summed E-state index contributed by atoms with van der Waals surface area (Å²) in [6, 6.07) is 4.54. The lowest BCUT2D eigenvalue weighted by Crippen LogP contribution is -2.11. The van der Waals surface area contributed by atoms with E-state index in [2.05, 4.69) is 0 Å². The number of nitrogens with two attached hydrogens (primary N) is 1. The lowest BCUT2D eigenvalue weighted by molar-refractivity contribution is 0.0903. The molecule has 0 amide bonds. The first-order chi connectivity index (χ1) is 8.66. The van der Waals surface area contributed by atoms with Crippen molar-refractivity contribution in [2.75, 3.05) is 13.2 Å². The van der Waals surface area contributed by atoms with E-state index in [9.17, 15) is 4.39 Å². The lowest BCUT2D eigenvalue weighted by atomic mass is 10.1. The molecule has 0 aliphatic carbocycles. The Morgan fingerprint density at radius 2 is 2.39 bits per heavy atom. The number of benzene rings is 1. The maximum absolute atomic E-state index is 13.6. The topological polar surface area (TPSA) is 44.5 Å². The molecule has 2 atom stereocenters. The molecule has 2 rings (SSSR count). The normalized spacial score (nSPS) is 20.9. The van der Waals surface area contributed by atoms with Crippen LogP contribution >= 0.6 is 0 Å². The molecule has 1 fully saturated rings. The maximum Gasteiger partial charge on any atom is 0.131 e. The van der Waals surface area contributed by atoms with Gasteiger partial charge in [0.2, 0.25) is 0 Å². The highest BCUT2D eigenvalue weighted by Gasteiger charge is 2.15. The highest BCUT2D eigenvalue weighted by Crippen LogP contribution is 2.21. The standard InChI is InChI=1S/C14H20FNO2/c1-10(16)13-5-4-12(9-14(13)15)18-8-6-11-3-2-7-17-11/h4-5,9-11H,2-3,6-8,16H2,1H3/t10-,11?/m0/s1. The summed E-state index contributed by atoms with van der Waals surface area (Å²) in [7, 11) is 0. The van der Waals surface area contributed by atoms with Gasteiger partial charge in [-0.05, 0) is 25.8 Å². The molecule has 18 heavy (non-hydrogen) atoms. The zero-order valence-corrected chi connectivity index (χ0v) is 10.7. The molecule has 100 valence electrons. The molecule has 1 heterocycles. The Morgan fingerprint density at radius 3 is 3.00 bits per heavy atom. The molecule has 0 spiro atoms. The fourth-order valence-electron chi connectivity index (χ4n) is 2.15. The number of halogens is 1. The van der Waals surface area contributed by atoms with Crippen LogP contribution in [-0.2, 0) is 4.74 Å². The summed E-state index contributed by atoms with van der Waals surface area (Å²) in [6.45, 7) is 3.17. The summed E-state index contributed by atoms with van der Waals surface area (Å²) >= 11 is 0. The van der Waals surface area contributed by atoms with Crippen LogP contribution in [0.2, 0.25) is 0 Å². The van der Waals surface area contributed by atoms with Gasteiger partial charge in [-0.25, -0.2) is 4.39 Å². The lowest BCUT2D eigenvalue weighted by Gasteiger charge is -2.12. The van der Waals surface area contributed by atoms with Crippen molar-refractivity contribution in [3.63, 3.8) is 0 Å². The van der Waals surface area contributed by atoms with Crippen LogP contribution in [0.1, 0.15) is 37.8 Å². The highest BCUT2D eigenvalue weighted by molar-refractivity contribution is 5.30. The quantitative estimate of drug-likeness (QED) is 0.877. The van der Waals surface area contributed by atoms with Crippen molar-refractivity contribution in [3.05, 3.63) is 29.6 Å². The van der Waals surface area contributed by atoms with Gasteiger partial charge in [-0.2, -0.15) is 0 Å². The molecular formula is C14H20FNO2. The fraction of sp³-hybridized carbons (Fsp3) is 0.571. The monoisotopic (exact) mass is 253 g/mol. The summed E-state index contributed by atoms with van der Waals surface area (Å²) in [5, 5.41) is 0. The van der Waals surface area contributed by atoms with E-state index in [1.807, 2.05) is 0 Å². The first-order valence-electron chi connectivity index (χ1n) is 6.46. The molecule has 1 aliphatic heterocycles. The molecule has 3 nitrogen and oxygen atoms in total. The third kappa shape index (κ3) is 3.43.